The molecule has 2 rings (SSSR count). The number of aromatic amines is 1. The minimum atomic E-state index is -3.57. The fourth-order valence-electron chi connectivity index (χ4n) is 1.95. The molecule has 1 aromatic rings. The molecule has 0 saturated carbocycles. The SMILES string of the molecule is Cc1[nH]c(=O)sc1S(=O)(=O)NC1CCN(C)C1. The van der Waals surface area contributed by atoms with E-state index < -0.39 is 10.0 Å². The highest BCUT2D eigenvalue weighted by atomic mass is 32.2. The Hall–Kier alpha value is -0.700. The first-order valence-electron chi connectivity index (χ1n) is 5.29. The third-order valence-electron chi connectivity index (χ3n) is 2.74. The van der Waals surface area contributed by atoms with Gasteiger partial charge in [-0.1, -0.05) is 11.3 Å². The highest BCUT2D eigenvalue weighted by molar-refractivity contribution is 7.91. The molecule has 0 aromatic carbocycles. The number of aromatic nitrogens is 1. The Morgan fingerprint density at radius 2 is 2.24 bits per heavy atom. The predicted molar refractivity (Wildman–Crippen MR) is 65.9 cm³/mol. The van der Waals surface area contributed by atoms with E-state index in [0.717, 1.165) is 24.3 Å². The summed E-state index contributed by atoms with van der Waals surface area (Å²) in [5, 5.41) is 0. The average molecular weight is 277 g/mol. The summed E-state index contributed by atoms with van der Waals surface area (Å²) in [7, 11) is -1.61. The zero-order chi connectivity index (χ0) is 12.6. The Bertz CT molecular complexity index is 560. The number of aryl methyl sites for hydroxylation is 1. The van der Waals surface area contributed by atoms with Gasteiger partial charge in [-0.3, -0.25) is 4.79 Å². The Labute approximate surface area is 104 Å². The molecular weight excluding hydrogens is 262 g/mol. The van der Waals surface area contributed by atoms with Crippen molar-refractivity contribution in [3.63, 3.8) is 0 Å². The van der Waals surface area contributed by atoms with E-state index in [0.29, 0.717) is 12.2 Å². The van der Waals surface area contributed by atoms with Gasteiger partial charge in [0, 0.05) is 18.3 Å². The lowest BCUT2D eigenvalue weighted by Crippen LogP contribution is -2.36. The predicted octanol–water partition coefficient (Wildman–Crippen LogP) is -0.273. The molecule has 1 aliphatic heterocycles. The molecular formula is C9H15N3O3S2. The van der Waals surface area contributed by atoms with Crippen LogP contribution in [0.3, 0.4) is 0 Å². The third kappa shape index (κ3) is 2.76. The molecule has 1 aromatic heterocycles. The molecule has 0 spiro atoms. The topological polar surface area (TPSA) is 82.3 Å². The Morgan fingerprint density at radius 1 is 1.53 bits per heavy atom. The van der Waals surface area contributed by atoms with E-state index in [9.17, 15) is 13.2 Å². The average Bonchev–Trinajstić information content (AvgIpc) is 2.72. The van der Waals surface area contributed by atoms with Gasteiger partial charge in [-0.2, -0.15) is 0 Å². The zero-order valence-corrected chi connectivity index (χ0v) is 11.3. The summed E-state index contributed by atoms with van der Waals surface area (Å²) in [4.78, 5) is 15.3. The molecule has 6 nitrogen and oxygen atoms in total. The van der Waals surface area contributed by atoms with Gasteiger partial charge in [-0.05, 0) is 26.9 Å². The Morgan fingerprint density at radius 3 is 2.71 bits per heavy atom. The van der Waals surface area contributed by atoms with Crippen LogP contribution in [0.15, 0.2) is 9.00 Å². The van der Waals surface area contributed by atoms with Crippen LogP contribution in [-0.4, -0.2) is 44.5 Å². The number of thiazole rings is 1. The van der Waals surface area contributed by atoms with Crippen molar-refractivity contribution < 1.29 is 8.42 Å². The highest BCUT2D eigenvalue weighted by Gasteiger charge is 2.27. The number of nitrogens with zero attached hydrogens (tertiary/aromatic N) is 1. The van der Waals surface area contributed by atoms with Gasteiger partial charge in [-0.15, -0.1) is 0 Å². The molecule has 1 fully saturated rings. The molecule has 1 aliphatic rings. The summed E-state index contributed by atoms with van der Waals surface area (Å²) < 4.78 is 26.8. The van der Waals surface area contributed by atoms with E-state index in [4.69, 9.17) is 0 Å². The van der Waals surface area contributed by atoms with Crippen LogP contribution in [0.25, 0.3) is 0 Å². The molecule has 2 heterocycles. The van der Waals surface area contributed by atoms with Crippen LogP contribution in [0.5, 0.6) is 0 Å². The molecule has 0 aliphatic carbocycles. The van der Waals surface area contributed by atoms with Crippen molar-refractivity contribution in [2.75, 3.05) is 20.1 Å². The van der Waals surface area contributed by atoms with Gasteiger partial charge in [0.2, 0.25) is 0 Å². The second kappa shape index (κ2) is 4.52. The van der Waals surface area contributed by atoms with E-state index in [1.807, 2.05) is 7.05 Å². The van der Waals surface area contributed by atoms with Gasteiger partial charge in [0.1, 0.15) is 0 Å². The zero-order valence-electron chi connectivity index (χ0n) is 9.69. The number of likely N-dealkylation sites (N-methyl/N-ethyl adjacent to an activating group) is 1. The number of H-pyrrole nitrogens is 1. The molecule has 2 N–H and O–H groups in total. The second-order valence-electron chi connectivity index (χ2n) is 4.30. The maximum atomic E-state index is 12.1. The maximum Gasteiger partial charge on any atom is 0.305 e. The summed E-state index contributed by atoms with van der Waals surface area (Å²) in [6.07, 6.45) is 0.800. The van der Waals surface area contributed by atoms with E-state index in [1.165, 1.54) is 0 Å². The first-order chi connectivity index (χ1) is 7.88. The summed E-state index contributed by atoms with van der Waals surface area (Å²) in [5.74, 6) is 0. The normalized spacial score (nSPS) is 22.1. The van der Waals surface area contributed by atoms with Crippen LogP contribution in [0, 0.1) is 6.92 Å². The van der Waals surface area contributed by atoms with E-state index in [1.54, 1.807) is 6.92 Å². The maximum absolute atomic E-state index is 12.1. The standard InChI is InChI=1S/C9H15N3O3S2/c1-6-8(16-9(13)10-6)17(14,15)11-7-3-4-12(2)5-7/h7,11H,3-5H2,1-2H3,(H,10,13). The first kappa shape index (κ1) is 12.7. The van der Waals surface area contributed by atoms with Crippen molar-refractivity contribution in [1.82, 2.24) is 14.6 Å². The molecule has 0 amide bonds. The molecule has 17 heavy (non-hydrogen) atoms. The van der Waals surface area contributed by atoms with Crippen molar-refractivity contribution in [3.05, 3.63) is 15.4 Å². The number of nitrogens with one attached hydrogen (secondary N) is 2. The second-order valence-corrected chi connectivity index (χ2v) is 7.19. The van der Waals surface area contributed by atoms with Gasteiger partial charge < -0.3 is 9.88 Å². The molecule has 0 radical (unpaired) electrons. The van der Waals surface area contributed by atoms with E-state index in [2.05, 4.69) is 14.6 Å². The largest absolute Gasteiger partial charge is 0.315 e. The Kier molecular flexibility index (Phi) is 3.39. The lowest BCUT2D eigenvalue weighted by molar-refractivity contribution is 0.407. The number of hydrogen-bond donors (Lipinski definition) is 2. The van der Waals surface area contributed by atoms with Crippen molar-refractivity contribution >= 4 is 21.4 Å². The molecule has 1 atom stereocenters. The smallest absolute Gasteiger partial charge is 0.305 e. The van der Waals surface area contributed by atoms with Crippen molar-refractivity contribution in [2.45, 2.75) is 23.6 Å². The minimum absolute atomic E-state index is 0.0680. The van der Waals surface area contributed by atoms with Crippen molar-refractivity contribution in [2.24, 2.45) is 0 Å². The van der Waals surface area contributed by atoms with Crippen molar-refractivity contribution in [1.29, 1.82) is 0 Å². The Balaban J connectivity index is 2.20. The van der Waals surface area contributed by atoms with Crippen LogP contribution in [0.1, 0.15) is 12.1 Å². The minimum Gasteiger partial charge on any atom is -0.315 e. The summed E-state index contributed by atoms with van der Waals surface area (Å²) in [5.41, 5.74) is 0.402. The number of rotatable bonds is 3. The number of sulfonamides is 1. The summed E-state index contributed by atoms with van der Waals surface area (Å²) in [6.45, 7) is 3.18. The molecule has 96 valence electrons. The lowest BCUT2D eigenvalue weighted by atomic mass is 10.3. The fourth-order valence-corrected chi connectivity index (χ4v) is 4.53. The van der Waals surface area contributed by atoms with Crippen molar-refractivity contribution in [3.8, 4) is 0 Å². The quantitative estimate of drug-likeness (QED) is 0.796. The fraction of sp³-hybridized carbons (Fsp3) is 0.667. The van der Waals surface area contributed by atoms with Gasteiger partial charge in [0.05, 0.1) is 0 Å². The highest BCUT2D eigenvalue weighted by Crippen LogP contribution is 2.17. The molecule has 8 heteroatoms. The molecule has 0 bridgehead atoms. The van der Waals surface area contributed by atoms with Crippen LogP contribution >= 0.6 is 11.3 Å². The van der Waals surface area contributed by atoms with E-state index in [-0.39, 0.29) is 15.1 Å². The molecule has 1 saturated heterocycles. The van der Waals surface area contributed by atoms with Gasteiger partial charge >= 0.3 is 4.87 Å². The summed E-state index contributed by atoms with van der Waals surface area (Å²) >= 11 is 0.730. The summed E-state index contributed by atoms with van der Waals surface area (Å²) in [6, 6.07) is -0.0680. The van der Waals surface area contributed by atoms with Crippen LogP contribution in [0.4, 0.5) is 0 Å². The van der Waals surface area contributed by atoms with Gasteiger partial charge in [0.25, 0.3) is 10.0 Å². The van der Waals surface area contributed by atoms with Crippen LogP contribution in [0.2, 0.25) is 0 Å². The lowest BCUT2D eigenvalue weighted by Gasteiger charge is -2.12. The van der Waals surface area contributed by atoms with Gasteiger partial charge in [-0.25, -0.2) is 13.1 Å². The number of hydrogen-bond acceptors (Lipinski definition) is 5. The van der Waals surface area contributed by atoms with Crippen LogP contribution < -0.4 is 9.60 Å². The molecule has 1 unspecified atom stereocenters. The third-order valence-corrected chi connectivity index (χ3v) is 5.86. The van der Waals surface area contributed by atoms with Crippen LogP contribution in [-0.2, 0) is 10.0 Å². The number of likely N-dealkylation sites (tertiary alicyclic amines) is 1. The monoisotopic (exact) mass is 277 g/mol. The van der Waals surface area contributed by atoms with E-state index >= 15 is 0 Å². The van der Waals surface area contributed by atoms with Gasteiger partial charge in [0.15, 0.2) is 4.21 Å². The first-order valence-corrected chi connectivity index (χ1v) is 7.59.